The molecule has 0 radical (unpaired) electrons. The Morgan fingerprint density at radius 2 is 2.00 bits per heavy atom. The van der Waals surface area contributed by atoms with Crippen molar-refractivity contribution < 1.29 is 14.3 Å². The van der Waals surface area contributed by atoms with E-state index in [1.807, 2.05) is 24.3 Å². The molecule has 1 aromatic carbocycles. The number of Topliss-reactive ketones (excluding diaryl/α,β-unsaturated/α-hetero) is 1. The Balaban J connectivity index is 2.02. The van der Waals surface area contributed by atoms with Crippen molar-refractivity contribution in [2.45, 2.75) is 26.4 Å². The van der Waals surface area contributed by atoms with Crippen LogP contribution in [0, 0.1) is 5.92 Å². The fourth-order valence-electron chi connectivity index (χ4n) is 3.57. The highest BCUT2D eigenvalue weighted by molar-refractivity contribution is 5.96. The quantitative estimate of drug-likeness (QED) is 0.718. The molecule has 0 fully saturated rings. The molecule has 0 bridgehead atoms. The van der Waals surface area contributed by atoms with E-state index >= 15 is 0 Å². The first-order valence-corrected chi connectivity index (χ1v) is 8.56. The molecule has 7 heteroatoms. The molecular formula is C19H20N4O3. The smallest absolute Gasteiger partial charge is 0.186 e. The van der Waals surface area contributed by atoms with Gasteiger partial charge in [0, 0.05) is 19.1 Å². The fraction of sp³-hybridized carbons (Fsp3) is 0.368. The molecule has 0 amide bonds. The predicted molar refractivity (Wildman–Crippen MR) is 95.3 cm³/mol. The van der Waals surface area contributed by atoms with Gasteiger partial charge in [0.05, 0.1) is 30.7 Å². The lowest BCUT2D eigenvalue weighted by molar-refractivity contribution is 0.0944. The number of benzene rings is 1. The predicted octanol–water partition coefficient (Wildman–Crippen LogP) is 2.71. The third-order valence-corrected chi connectivity index (χ3v) is 4.70. The van der Waals surface area contributed by atoms with Gasteiger partial charge in [-0.1, -0.05) is 25.1 Å². The molecule has 0 aliphatic heterocycles. The molecule has 1 aliphatic carbocycles. The molecule has 1 aliphatic rings. The second-order valence-electron chi connectivity index (χ2n) is 6.62. The van der Waals surface area contributed by atoms with Crippen molar-refractivity contribution in [3.63, 3.8) is 0 Å². The highest BCUT2D eigenvalue weighted by Crippen LogP contribution is 2.36. The summed E-state index contributed by atoms with van der Waals surface area (Å²) in [6.07, 6.45) is 1.24. The summed E-state index contributed by atoms with van der Waals surface area (Å²) in [5.41, 5.74) is 4.30. The Kier molecular flexibility index (Phi) is 4.16. The molecule has 0 spiro atoms. The van der Waals surface area contributed by atoms with Gasteiger partial charge in [-0.25, -0.2) is 4.52 Å². The average molecular weight is 352 g/mol. The number of carbonyl (C=O) groups excluding carboxylic acids is 1. The van der Waals surface area contributed by atoms with Crippen molar-refractivity contribution >= 4 is 11.4 Å². The molecule has 2 aromatic heterocycles. The summed E-state index contributed by atoms with van der Waals surface area (Å²) in [5.74, 6) is 1.01. The van der Waals surface area contributed by atoms with Gasteiger partial charge in [-0.15, -0.1) is 10.2 Å². The van der Waals surface area contributed by atoms with Crippen LogP contribution < -0.4 is 4.74 Å². The van der Waals surface area contributed by atoms with Gasteiger partial charge in [-0.05, 0) is 18.4 Å². The van der Waals surface area contributed by atoms with E-state index in [0.717, 1.165) is 34.7 Å². The second kappa shape index (κ2) is 6.49. The first kappa shape index (κ1) is 16.7. The molecule has 3 aromatic rings. The van der Waals surface area contributed by atoms with Crippen LogP contribution in [0.4, 0.5) is 0 Å². The minimum Gasteiger partial charge on any atom is -0.496 e. The Morgan fingerprint density at radius 1 is 1.19 bits per heavy atom. The number of hydrogen-bond donors (Lipinski definition) is 0. The zero-order valence-corrected chi connectivity index (χ0v) is 15.0. The van der Waals surface area contributed by atoms with Gasteiger partial charge in [-0.3, -0.25) is 4.79 Å². The number of nitrogens with zero attached hydrogens (tertiary/aromatic N) is 4. The Hall–Kier alpha value is -2.80. The highest BCUT2D eigenvalue weighted by Gasteiger charge is 2.29. The molecule has 2 heterocycles. The molecule has 0 saturated carbocycles. The topological polar surface area (TPSA) is 78.6 Å². The number of hydrogen-bond acceptors (Lipinski definition) is 6. The van der Waals surface area contributed by atoms with Crippen molar-refractivity contribution in [3.05, 3.63) is 41.3 Å². The number of ether oxygens (including phenoxy) is 2. The SMILES string of the molecule is COCc1nn2c3c(nnc2c1-c1ccccc1OC)C(=O)C[C@@H](C)C3. The zero-order chi connectivity index (χ0) is 18.3. The first-order valence-electron chi connectivity index (χ1n) is 8.56. The third-order valence-electron chi connectivity index (χ3n) is 4.70. The Labute approximate surface area is 151 Å². The minimum atomic E-state index is 0.0239. The standard InChI is InChI=1S/C19H20N4O3/c1-11-8-14-18(15(24)9-11)20-21-19-17(13(10-25-2)22-23(14)19)12-6-4-5-7-16(12)26-3/h4-7,11H,8-10H2,1-3H3/t11-/m0/s1. The van der Waals surface area contributed by atoms with E-state index in [9.17, 15) is 4.79 Å². The molecule has 0 saturated heterocycles. The second-order valence-corrected chi connectivity index (χ2v) is 6.62. The number of aromatic nitrogens is 4. The van der Waals surface area contributed by atoms with E-state index in [2.05, 4.69) is 17.1 Å². The van der Waals surface area contributed by atoms with Crippen molar-refractivity contribution in [2.75, 3.05) is 14.2 Å². The molecule has 7 nitrogen and oxygen atoms in total. The van der Waals surface area contributed by atoms with Gasteiger partial charge < -0.3 is 9.47 Å². The lowest BCUT2D eigenvalue weighted by Crippen LogP contribution is -2.23. The summed E-state index contributed by atoms with van der Waals surface area (Å²) in [6, 6.07) is 7.71. The van der Waals surface area contributed by atoms with Crippen LogP contribution in [0.3, 0.4) is 0 Å². The van der Waals surface area contributed by atoms with Crippen LogP contribution in [-0.4, -0.2) is 39.8 Å². The monoisotopic (exact) mass is 352 g/mol. The summed E-state index contributed by atoms with van der Waals surface area (Å²) in [5, 5.41) is 13.3. The number of ketones is 1. The van der Waals surface area contributed by atoms with Crippen LogP contribution in [0.15, 0.2) is 24.3 Å². The molecule has 134 valence electrons. The minimum absolute atomic E-state index is 0.0239. The van der Waals surface area contributed by atoms with Crippen LogP contribution in [-0.2, 0) is 17.8 Å². The highest BCUT2D eigenvalue weighted by atomic mass is 16.5. The van der Waals surface area contributed by atoms with E-state index < -0.39 is 0 Å². The molecular weight excluding hydrogens is 332 g/mol. The zero-order valence-electron chi connectivity index (χ0n) is 15.0. The number of para-hydroxylation sites is 1. The largest absolute Gasteiger partial charge is 0.496 e. The van der Waals surface area contributed by atoms with Gasteiger partial charge in [0.25, 0.3) is 0 Å². The van der Waals surface area contributed by atoms with E-state index in [-0.39, 0.29) is 11.7 Å². The summed E-state index contributed by atoms with van der Waals surface area (Å²) in [6.45, 7) is 2.39. The van der Waals surface area contributed by atoms with E-state index in [1.165, 1.54) is 0 Å². The van der Waals surface area contributed by atoms with Crippen molar-refractivity contribution in [1.29, 1.82) is 0 Å². The van der Waals surface area contributed by atoms with Gasteiger partial charge >= 0.3 is 0 Å². The maximum absolute atomic E-state index is 12.3. The summed E-state index contributed by atoms with van der Waals surface area (Å²) < 4.78 is 12.6. The van der Waals surface area contributed by atoms with Crippen LogP contribution in [0.5, 0.6) is 5.75 Å². The normalized spacial score (nSPS) is 16.7. The van der Waals surface area contributed by atoms with Gasteiger partial charge in [0.15, 0.2) is 17.1 Å². The van der Waals surface area contributed by atoms with Crippen molar-refractivity contribution in [3.8, 4) is 16.9 Å². The average Bonchev–Trinajstić information content (AvgIpc) is 3.00. The molecule has 4 rings (SSSR count). The summed E-state index contributed by atoms with van der Waals surface area (Å²) in [4.78, 5) is 12.3. The number of methoxy groups -OCH3 is 2. The lowest BCUT2D eigenvalue weighted by Gasteiger charge is -2.19. The Bertz CT molecular complexity index is 996. The van der Waals surface area contributed by atoms with E-state index in [1.54, 1.807) is 18.7 Å². The summed E-state index contributed by atoms with van der Waals surface area (Å²) >= 11 is 0. The molecule has 1 atom stereocenters. The molecule has 0 N–H and O–H groups in total. The number of rotatable bonds is 4. The molecule has 26 heavy (non-hydrogen) atoms. The lowest BCUT2D eigenvalue weighted by atomic mass is 9.90. The third kappa shape index (κ3) is 2.55. The van der Waals surface area contributed by atoms with Gasteiger partial charge in [-0.2, -0.15) is 5.10 Å². The van der Waals surface area contributed by atoms with Crippen LogP contribution in [0.2, 0.25) is 0 Å². The van der Waals surface area contributed by atoms with Gasteiger partial charge in [0.2, 0.25) is 0 Å². The van der Waals surface area contributed by atoms with Crippen LogP contribution in [0.1, 0.15) is 35.2 Å². The number of carbonyl (C=O) groups is 1. The number of fused-ring (bicyclic) bond motifs is 3. The first-order chi connectivity index (χ1) is 12.6. The van der Waals surface area contributed by atoms with Crippen molar-refractivity contribution in [1.82, 2.24) is 19.8 Å². The molecule has 0 unspecified atom stereocenters. The van der Waals surface area contributed by atoms with Gasteiger partial charge in [0.1, 0.15) is 5.75 Å². The maximum Gasteiger partial charge on any atom is 0.186 e. The van der Waals surface area contributed by atoms with E-state index in [0.29, 0.717) is 24.4 Å². The Morgan fingerprint density at radius 3 is 2.77 bits per heavy atom. The fourth-order valence-corrected chi connectivity index (χ4v) is 3.57. The van der Waals surface area contributed by atoms with Crippen LogP contribution in [0.25, 0.3) is 16.8 Å². The van der Waals surface area contributed by atoms with Crippen LogP contribution >= 0.6 is 0 Å². The van der Waals surface area contributed by atoms with E-state index in [4.69, 9.17) is 14.6 Å². The maximum atomic E-state index is 12.3. The van der Waals surface area contributed by atoms with Crippen molar-refractivity contribution in [2.24, 2.45) is 5.92 Å². The summed E-state index contributed by atoms with van der Waals surface area (Å²) in [7, 11) is 3.26.